The first-order valence-electron chi connectivity index (χ1n) is 22.3. The number of hydrogen-bond acceptors (Lipinski definition) is 10. The van der Waals surface area contributed by atoms with Crippen molar-refractivity contribution in [3.63, 3.8) is 0 Å². The standard InChI is InChI=1S/C24H40O4.C23H36O5.CH2O.2CH4/c1-6-23(7-2)12-17(4)24-10-8-16(3)22(5,19(13-23)28-20(27)15-26)21(24)18(14-25)9-11-24;1-6-22(7-2)12-17(28-18(26)13-24)21(5)14(3)8-10-23(15(4)20(22)27)11-9-16(25)19(21)23;1-2;;/h6,16-19,21,25-26H,1,7-15H2,2-5H3;6,14-15,17,19-20,24,27H,1,7-13H2,2-5H3;1H2;2*1H4/t16-,17+,18+,19-,21?,22+,23-,24+;14-,15+,17-,19?,20+,21+,22+,23+;;;/m11.../s1. The van der Waals surface area contributed by atoms with E-state index in [-0.39, 0.29) is 78.7 Å². The molecule has 2 unspecified atom stereocenters. The Morgan fingerprint density at radius 1 is 0.733 bits per heavy atom. The number of esters is 2. The van der Waals surface area contributed by atoms with Gasteiger partial charge in [0, 0.05) is 35.2 Å². The fraction of sp³-hybridized carbons (Fsp3) is 0.840. The number of carbonyl (C=O) groups excluding carboxylic acids is 4. The van der Waals surface area contributed by atoms with Crippen LogP contribution in [0.4, 0.5) is 0 Å². The first-order valence-corrected chi connectivity index (χ1v) is 22.3. The average Bonchev–Trinajstić information content (AvgIpc) is 3.81. The molecule has 6 rings (SSSR count). The summed E-state index contributed by atoms with van der Waals surface area (Å²) >= 11 is 0. The molecule has 0 saturated heterocycles. The van der Waals surface area contributed by atoms with Crippen molar-refractivity contribution in [2.24, 2.45) is 73.9 Å². The molecule has 10 heteroatoms. The van der Waals surface area contributed by atoms with Crippen LogP contribution in [-0.2, 0) is 28.7 Å². The Hall–Kier alpha value is -2.40. The summed E-state index contributed by atoms with van der Waals surface area (Å²) in [6, 6.07) is 0. The predicted molar refractivity (Wildman–Crippen MR) is 237 cm³/mol. The van der Waals surface area contributed by atoms with Crippen LogP contribution in [0.15, 0.2) is 25.3 Å². The van der Waals surface area contributed by atoms with Crippen molar-refractivity contribution in [2.45, 2.75) is 172 Å². The molecule has 346 valence electrons. The second-order valence-electron chi connectivity index (χ2n) is 20.2. The Bertz CT molecular complexity index is 1500. The zero-order valence-corrected chi connectivity index (χ0v) is 37.1. The molecule has 0 spiro atoms. The number of ketones is 1. The second kappa shape index (κ2) is 20.4. The van der Waals surface area contributed by atoms with Gasteiger partial charge in [0.1, 0.15) is 38.0 Å². The summed E-state index contributed by atoms with van der Waals surface area (Å²) in [6.45, 7) is 26.8. The van der Waals surface area contributed by atoms with Crippen molar-refractivity contribution in [1.29, 1.82) is 0 Å². The summed E-state index contributed by atoms with van der Waals surface area (Å²) in [6.07, 6.45) is 14.1. The number of carbonyl (C=O) groups is 4. The molecule has 4 N–H and O–H groups in total. The lowest BCUT2D eigenvalue weighted by Crippen LogP contribution is -2.63. The molecule has 0 aromatic rings. The molecule has 0 heterocycles. The minimum Gasteiger partial charge on any atom is -0.460 e. The molecule has 0 aromatic carbocycles. The summed E-state index contributed by atoms with van der Waals surface area (Å²) in [7, 11) is 0. The zero-order valence-electron chi connectivity index (χ0n) is 37.1. The minimum atomic E-state index is -0.684. The molecule has 0 amide bonds. The first kappa shape index (κ1) is 53.7. The van der Waals surface area contributed by atoms with Crippen LogP contribution in [0.2, 0.25) is 0 Å². The van der Waals surface area contributed by atoms with Crippen molar-refractivity contribution in [1.82, 2.24) is 0 Å². The second-order valence-corrected chi connectivity index (χ2v) is 20.2. The van der Waals surface area contributed by atoms with Gasteiger partial charge >= 0.3 is 11.9 Å². The quantitative estimate of drug-likeness (QED) is 0.130. The third-order valence-corrected chi connectivity index (χ3v) is 18.8. The van der Waals surface area contributed by atoms with Gasteiger partial charge in [0.2, 0.25) is 0 Å². The summed E-state index contributed by atoms with van der Waals surface area (Å²) in [5, 5.41) is 40.5. The van der Waals surface area contributed by atoms with E-state index >= 15 is 0 Å². The first-order chi connectivity index (χ1) is 27.3. The van der Waals surface area contributed by atoms with Gasteiger partial charge in [-0.15, -0.1) is 13.2 Å². The summed E-state index contributed by atoms with van der Waals surface area (Å²) in [5.41, 5.74) is -1.46. The van der Waals surface area contributed by atoms with Gasteiger partial charge in [-0.25, -0.2) is 9.59 Å². The number of hydrogen-bond donors (Lipinski definition) is 4. The molecule has 0 aromatic heterocycles. The SMILES string of the molecule is C.C.C=C[C@@]1(CC)C[C@H](C)[C@]23CC[C@@H](CO)C2[C@@](C)([C@H](C)CC3)[C@H](OC(=O)CO)C1.C=C[C@]1(CC)C[C@@H](OC(=O)CO)[C@@]2(C)C3C(=O)CC[C@@]3(CC[C@H]2C)[C@@H](C)[C@@H]1O.C=O. The number of allylic oxidation sites excluding steroid dienone is 1. The van der Waals surface area contributed by atoms with E-state index in [0.717, 1.165) is 57.8 Å². The summed E-state index contributed by atoms with van der Waals surface area (Å²) in [4.78, 5) is 45.6. The Morgan fingerprint density at radius 2 is 1.25 bits per heavy atom. The van der Waals surface area contributed by atoms with E-state index in [4.69, 9.17) is 14.3 Å². The van der Waals surface area contributed by atoms with E-state index in [0.29, 0.717) is 37.0 Å². The van der Waals surface area contributed by atoms with E-state index in [1.54, 1.807) is 0 Å². The van der Waals surface area contributed by atoms with Gasteiger partial charge in [0.15, 0.2) is 0 Å². The highest BCUT2D eigenvalue weighted by Gasteiger charge is 2.69. The fourth-order valence-electron chi connectivity index (χ4n) is 14.8. The molecule has 0 aliphatic heterocycles. The van der Waals surface area contributed by atoms with Crippen molar-refractivity contribution < 1.29 is 49.1 Å². The van der Waals surface area contributed by atoms with Gasteiger partial charge < -0.3 is 34.7 Å². The number of aliphatic hydroxyl groups is 4. The molecule has 6 aliphatic carbocycles. The highest BCUT2D eigenvalue weighted by molar-refractivity contribution is 5.85. The van der Waals surface area contributed by atoms with E-state index in [9.17, 15) is 34.8 Å². The minimum absolute atomic E-state index is 0. The van der Waals surface area contributed by atoms with E-state index < -0.39 is 48.2 Å². The fourth-order valence-corrected chi connectivity index (χ4v) is 14.8. The van der Waals surface area contributed by atoms with Gasteiger partial charge in [-0.3, -0.25) is 4.79 Å². The van der Waals surface area contributed by atoms with Crippen LogP contribution < -0.4 is 0 Å². The van der Waals surface area contributed by atoms with Gasteiger partial charge in [-0.1, -0.05) is 82.4 Å². The smallest absolute Gasteiger partial charge is 0.332 e. The third kappa shape index (κ3) is 8.38. The zero-order chi connectivity index (χ0) is 43.6. The molecule has 6 aliphatic rings. The molecule has 10 nitrogen and oxygen atoms in total. The van der Waals surface area contributed by atoms with Crippen molar-refractivity contribution in [3.05, 3.63) is 25.3 Å². The lowest BCUT2D eigenvalue weighted by molar-refractivity contribution is -0.209. The van der Waals surface area contributed by atoms with Crippen molar-refractivity contribution >= 4 is 24.5 Å². The monoisotopic (exact) mass is 847 g/mol. The number of Topliss-reactive ketones (excluding diaryl/α,β-unsaturated/α-hetero) is 1. The van der Waals surface area contributed by atoms with Crippen LogP contribution in [0.5, 0.6) is 0 Å². The molecule has 60 heavy (non-hydrogen) atoms. The van der Waals surface area contributed by atoms with E-state index in [2.05, 4.69) is 67.7 Å². The van der Waals surface area contributed by atoms with E-state index in [1.165, 1.54) is 6.42 Å². The Balaban J connectivity index is 0.000000385. The number of rotatable bonds is 9. The maximum absolute atomic E-state index is 13.2. The molecule has 6 fully saturated rings. The van der Waals surface area contributed by atoms with Crippen molar-refractivity contribution in [3.8, 4) is 0 Å². The number of aliphatic hydroxyl groups excluding tert-OH is 4. The Morgan fingerprint density at radius 3 is 1.73 bits per heavy atom. The van der Waals surface area contributed by atoms with Crippen molar-refractivity contribution in [2.75, 3.05) is 19.8 Å². The normalized spacial score (nSPS) is 45.2. The van der Waals surface area contributed by atoms with Gasteiger partial charge in [0.25, 0.3) is 0 Å². The maximum Gasteiger partial charge on any atom is 0.332 e. The lowest BCUT2D eigenvalue weighted by Gasteiger charge is -2.62. The summed E-state index contributed by atoms with van der Waals surface area (Å²) in [5.74, 6) is 0.531. The van der Waals surface area contributed by atoms with Crippen LogP contribution in [-0.4, -0.2) is 83.1 Å². The topological polar surface area (TPSA) is 168 Å². The van der Waals surface area contributed by atoms with Gasteiger partial charge in [-0.2, -0.15) is 0 Å². The molecule has 4 bridgehead atoms. The highest BCUT2D eigenvalue weighted by Crippen LogP contribution is 2.71. The molecule has 16 atom stereocenters. The number of ether oxygens (including phenoxy) is 2. The Kier molecular flexibility index (Phi) is 18.3. The maximum atomic E-state index is 13.2. The molecule has 6 saturated carbocycles. The van der Waals surface area contributed by atoms with Gasteiger partial charge in [-0.05, 0) is 129 Å². The van der Waals surface area contributed by atoms with Crippen LogP contribution >= 0.6 is 0 Å². The average molecular weight is 847 g/mol. The van der Waals surface area contributed by atoms with Crippen LogP contribution in [0, 0.1) is 73.9 Å². The molecular weight excluding hydrogens is 761 g/mol. The summed E-state index contributed by atoms with van der Waals surface area (Å²) < 4.78 is 11.8. The highest BCUT2D eigenvalue weighted by atomic mass is 16.6. The lowest BCUT2D eigenvalue weighted by atomic mass is 9.43. The molecule has 0 radical (unpaired) electrons. The third-order valence-electron chi connectivity index (χ3n) is 18.8. The molecular formula is C50H86O10. The van der Waals surface area contributed by atoms with Crippen LogP contribution in [0.3, 0.4) is 0 Å². The van der Waals surface area contributed by atoms with Crippen LogP contribution in [0.1, 0.15) is 154 Å². The van der Waals surface area contributed by atoms with E-state index in [1.807, 2.05) is 19.8 Å². The largest absolute Gasteiger partial charge is 0.460 e. The van der Waals surface area contributed by atoms with Gasteiger partial charge in [0.05, 0.1) is 6.10 Å². The Labute approximate surface area is 363 Å². The predicted octanol–water partition coefficient (Wildman–Crippen LogP) is 8.71. The van der Waals surface area contributed by atoms with Crippen LogP contribution in [0.25, 0.3) is 0 Å².